The molecule has 1 aromatic carbocycles. The Morgan fingerprint density at radius 1 is 1.06 bits per heavy atom. The Balaban J connectivity index is 2.18. The number of rotatable bonds is 2. The summed E-state index contributed by atoms with van der Waals surface area (Å²) in [5.74, 6) is 0. The first-order valence-corrected chi connectivity index (χ1v) is 6.10. The molecule has 0 amide bonds. The molecule has 0 bridgehead atoms. The lowest BCUT2D eigenvalue weighted by atomic mass is 9.87. The molecule has 0 unspecified atom stereocenters. The summed E-state index contributed by atoms with van der Waals surface area (Å²) in [4.78, 5) is 0. The summed E-state index contributed by atoms with van der Waals surface area (Å²) in [7, 11) is -0.921. The van der Waals surface area contributed by atoms with Crippen molar-refractivity contribution in [2.24, 2.45) is 0 Å². The zero-order valence-corrected chi connectivity index (χ0v) is 11.2. The summed E-state index contributed by atoms with van der Waals surface area (Å²) in [6.07, 6.45) is 1.45. The lowest BCUT2D eigenvalue weighted by Crippen LogP contribution is -2.41. The monoisotopic (exact) mass is 248 g/mol. The first kappa shape index (κ1) is 13.3. The Morgan fingerprint density at radius 3 is 2.06 bits per heavy atom. The molecule has 1 saturated heterocycles. The van der Waals surface area contributed by atoms with Crippen molar-refractivity contribution in [3.63, 3.8) is 0 Å². The maximum atomic E-state index is 14.1. The van der Waals surface area contributed by atoms with E-state index in [0.29, 0.717) is 0 Å². The van der Waals surface area contributed by atoms with Crippen molar-refractivity contribution < 1.29 is 13.7 Å². The van der Waals surface area contributed by atoms with E-state index in [1.807, 2.05) is 58.0 Å². The highest BCUT2D eigenvalue weighted by molar-refractivity contribution is 6.54. The third-order valence-electron chi connectivity index (χ3n) is 3.58. The zero-order valence-electron chi connectivity index (χ0n) is 11.2. The van der Waals surface area contributed by atoms with E-state index >= 15 is 0 Å². The molecule has 1 aromatic rings. The quantitative estimate of drug-likeness (QED) is 0.744. The average Bonchev–Trinajstić information content (AvgIpc) is 2.50. The lowest BCUT2D eigenvalue weighted by Gasteiger charge is -2.32. The third-order valence-corrected chi connectivity index (χ3v) is 3.58. The van der Waals surface area contributed by atoms with Gasteiger partial charge < -0.3 is 9.31 Å². The summed E-state index contributed by atoms with van der Waals surface area (Å²) in [6.45, 7) is 7.62. The predicted octanol–water partition coefficient (Wildman–Crippen LogP) is 3.63. The van der Waals surface area contributed by atoms with E-state index in [-0.39, 0.29) is 0 Å². The van der Waals surface area contributed by atoms with E-state index < -0.39 is 24.0 Å². The minimum atomic E-state index is -0.921. The maximum Gasteiger partial charge on any atom is 0.525 e. The normalized spacial score (nSPS) is 22.3. The van der Waals surface area contributed by atoms with Crippen LogP contribution in [0.1, 0.15) is 33.3 Å². The van der Waals surface area contributed by atoms with Crippen LogP contribution in [0.3, 0.4) is 0 Å². The number of hydrogen-bond donors (Lipinski definition) is 0. The van der Waals surface area contributed by atoms with Crippen LogP contribution in [0, 0.1) is 0 Å². The van der Waals surface area contributed by atoms with Crippen LogP contribution in [-0.4, -0.2) is 18.3 Å². The minimum absolute atomic E-state index is 0.403. The molecule has 0 radical (unpaired) electrons. The molecular formula is C14H18BFO2. The Hall–Kier alpha value is -1.13. The van der Waals surface area contributed by atoms with Gasteiger partial charge >= 0.3 is 7.12 Å². The lowest BCUT2D eigenvalue weighted by molar-refractivity contribution is 0.00578. The second kappa shape index (κ2) is 4.52. The summed E-state index contributed by atoms with van der Waals surface area (Å²) >= 11 is 0. The van der Waals surface area contributed by atoms with Crippen molar-refractivity contribution in [1.82, 2.24) is 0 Å². The molecule has 0 aromatic heterocycles. The average molecular weight is 248 g/mol. The van der Waals surface area contributed by atoms with E-state index in [9.17, 15) is 4.39 Å². The highest BCUT2D eigenvalue weighted by atomic mass is 19.1. The molecule has 1 aliphatic rings. The molecule has 1 heterocycles. The summed E-state index contributed by atoms with van der Waals surface area (Å²) in [6, 6.07) is 9.30. The fourth-order valence-corrected chi connectivity index (χ4v) is 1.73. The van der Waals surface area contributed by atoms with Gasteiger partial charge in [-0.15, -0.1) is 0 Å². The highest BCUT2D eigenvalue weighted by Crippen LogP contribution is 2.38. The first-order valence-electron chi connectivity index (χ1n) is 6.10. The van der Waals surface area contributed by atoms with Crippen molar-refractivity contribution in [2.45, 2.75) is 38.9 Å². The van der Waals surface area contributed by atoms with Gasteiger partial charge in [-0.1, -0.05) is 30.3 Å². The Labute approximate surface area is 108 Å². The molecule has 0 spiro atoms. The molecule has 1 fully saturated rings. The zero-order chi connectivity index (χ0) is 13.4. The van der Waals surface area contributed by atoms with Crippen LogP contribution in [-0.2, 0) is 9.31 Å². The van der Waals surface area contributed by atoms with Gasteiger partial charge in [0.25, 0.3) is 0 Å². The molecule has 0 atom stereocenters. The molecule has 18 heavy (non-hydrogen) atoms. The van der Waals surface area contributed by atoms with Crippen LogP contribution >= 0.6 is 0 Å². The molecule has 4 heteroatoms. The number of benzene rings is 1. The molecule has 96 valence electrons. The first-order chi connectivity index (χ1) is 8.32. The highest BCUT2D eigenvalue weighted by Gasteiger charge is 2.52. The van der Waals surface area contributed by atoms with E-state index in [0.717, 1.165) is 5.56 Å². The Kier molecular flexibility index (Phi) is 3.34. The van der Waals surface area contributed by atoms with E-state index in [1.165, 1.54) is 6.08 Å². The number of halogens is 1. The van der Waals surface area contributed by atoms with E-state index in [1.54, 1.807) is 0 Å². The topological polar surface area (TPSA) is 18.5 Å². The van der Waals surface area contributed by atoms with Gasteiger partial charge in [-0.05, 0) is 39.3 Å². The van der Waals surface area contributed by atoms with Gasteiger partial charge in [-0.2, -0.15) is 0 Å². The summed E-state index contributed by atoms with van der Waals surface area (Å²) < 4.78 is 25.4. The van der Waals surface area contributed by atoms with Crippen molar-refractivity contribution >= 4 is 13.2 Å². The van der Waals surface area contributed by atoms with E-state index in [4.69, 9.17) is 9.31 Å². The summed E-state index contributed by atoms with van der Waals surface area (Å²) in [5.41, 5.74) is -0.636. The molecule has 2 rings (SSSR count). The van der Waals surface area contributed by atoms with Crippen LogP contribution in [0.25, 0.3) is 6.08 Å². The third kappa shape index (κ3) is 2.50. The van der Waals surface area contributed by atoms with Crippen LogP contribution in [0.4, 0.5) is 4.39 Å². The van der Waals surface area contributed by atoms with Gasteiger partial charge in [0.1, 0.15) is 5.73 Å². The molecule has 2 nitrogen and oxygen atoms in total. The number of hydrogen-bond acceptors (Lipinski definition) is 2. The fourth-order valence-electron chi connectivity index (χ4n) is 1.73. The molecule has 1 aliphatic heterocycles. The molecule has 0 saturated carbocycles. The minimum Gasteiger partial charge on any atom is -0.398 e. The summed E-state index contributed by atoms with van der Waals surface area (Å²) in [5, 5.41) is 0. The van der Waals surface area contributed by atoms with Crippen molar-refractivity contribution in [2.75, 3.05) is 0 Å². The largest absolute Gasteiger partial charge is 0.525 e. The van der Waals surface area contributed by atoms with Gasteiger partial charge in [-0.3, -0.25) is 0 Å². The van der Waals surface area contributed by atoms with Crippen molar-refractivity contribution in [3.05, 3.63) is 41.6 Å². The van der Waals surface area contributed by atoms with Crippen molar-refractivity contribution in [1.29, 1.82) is 0 Å². The van der Waals surface area contributed by atoms with Crippen LogP contribution in [0.5, 0.6) is 0 Å². The van der Waals surface area contributed by atoms with Gasteiger partial charge in [0.05, 0.1) is 11.2 Å². The Bertz CT molecular complexity index is 438. The fraction of sp³-hybridized carbons (Fsp3) is 0.429. The van der Waals surface area contributed by atoms with E-state index in [2.05, 4.69) is 0 Å². The Morgan fingerprint density at radius 2 is 1.56 bits per heavy atom. The van der Waals surface area contributed by atoms with Crippen LogP contribution < -0.4 is 0 Å². The second-order valence-electron chi connectivity index (χ2n) is 5.53. The van der Waals surface area contributed by atoms with Gasteiger partial charge in [0.15, 0.2) is 0 Å². The smallest absolute Gasteiger partial charge is 0.398 e. The second-order valence-corrected chi connectivity index (χ2v) is 5.53. The molecule has 0 aliphatic carbocycles. The molecule has 0 N–H and O–H groups in total. The van der Waals surface area contributed by atoms with Gasteiger partial charge in [0.2, 0.25) is 0 Å². The van der Waals surface area contributed by atoms with Crippen molar-refractivity contribution in [3.8, 4) is 0 Å². The SMILES string of the molecule is CC1(C)OB(/C(F)=C/c2ccccc2)OC1(C)C. The maximum absolute atomic E-state index is 14.1. The van der Waals surface area contributed by atoms with Crippen LogP contribution in [0.2, 0.25) is 0 Å². The van der Waals surface area contributed by atoms with Gasteiger partial charge in [-0.25, -0.2) is 4.39 Å². The standard InChI is InChI=1S/C14H18BFO2/c1-13(2)14(3,4)18-15(17-13)12(16)10-11-8-6-5-7-9-11/h5-10H,1-4H3/b12-10-. The molecular weight excluding hydrogens is 230 g/mol. The van der Waals surface area contributed by atoms with Crippen LogP contribution in [0.15, 0.2) is 36.1 Å². The predicted molar refractivity (Wildman–Crippen MR) is 71.6 cm³/mol. The van der Waals surface area contributed by atoms with Gasteiger partial charge in [0, 0.05) is 0 Å².